The fraction of sp³-hybridized carbons (Fsp3) is 0.333. The molecule has 3 aromatic rings. The van der Waals surface area contributed by atoms with E-state index in [1.54, 1.807) is 11.8 Å². The van der Waals surface area contributed by atoms with Crippen LogP contribution in [0.25, 0.3) is 5.69 Å². The average molecular weight is 410 g/mol. The molecule has 1 unspecified atom stereocenters. The summed E-state index contributed by atoms with van der Waals surface area (Å²) in [6, 6.07) is 15.9. The molecule has 8 heteroatoms. The summed E-state index contributed by atoms with van der Waals surface area (Å²) in [5.41, 5.74) is 3.11. The number of amides is 1. The number of carbonyl (C=O) groups is 1. The number of methoxy groups -OCH3 is 1. The number of ether oxygens (including phenoxy) is 1. The molecule has 1 atom stereocenters. The SMILES string of the molecule is COc1ccc(C(NC(=O)CSc2nnnn2-c2cccc(C)c2)C2CC2)cc1. The highest BCUT2D eigenvalue weighted by atomic mass is 32.2. The van der Waals surface area contributed by atoms with Crippen LogP contribution < -0.4 is 10.1 Å². The third kappa shape index (κ3) is 4.76. The van der Waals surface area contributed by atoms with Gasteiger partial charge in [0, 0.05) is 0 Å². The number of thioether (sulfide) groups is 1. The number of hydrogen-bond acceptors (Lipinski definition) is 6. The number of hydrogen-bond donors (Lipinski definition) is 1. The predicted molar refractivity (Wildman–Crippen MR) is 111 cm³/mol. The smallest absolute Gasteiger partial charge is 0.230 e. The second kappa shape index (κ2) is 8.65. The van der Waals surface area contributed by atoms with Crippen molar-refractivity contribution in [1.29, 1.82) is 0 Å². The lowest BCUT2D eigenvalue weighted by Crippen LogP contribution is -2.31. The second-order valence-electron chi connectivity index (χ2n) is 7.16. The number of carbonyl (C=O) groups excluding carboxylic acids is 1. The average Bonchev–Trinajstić information content (AvgIpc) is 3.47. The molecule has 1 heterocycles. The van der Waals surface area contributed by atoms with Crippen LogP contribution in [0.15, 0.2) is 53.7 Å². The van der Waals surface area contributed by atoms with Gasteiger partial charge >= 0.3 is 0 Å². The van der Waals surface area contributed by atoms with Gasteiger partial charge in [-0.2, -0.15) is 4.68 Å². The van der Waals surface area contributed by atoms with Crippen molar-refractivity contribution in [3.63, 3.8) is 0 Å². The summed E-state index contributed by atoms with van der Waals surface area (Å²) in [6.45, 7) is 2.02. The lowest BCUT2D eigenvalue weighted by atomic mass is 10.0. The van der Waals surface area contributed by atoms with Crippen LogP contribution in [-0.2, 0) is 4.79 Å². The molecule has 7 nitrogen and oxygen atoms in total. The van der Waals surface area contributed by atoms with Gasteiger partial charge in [-0.05, 0) is 71.5 Å². The van der Waals surface area contributed by atoms with Gasteiger partial charge in [-0.25, -0.2) is 0 Å². The number of nitrogens with zero attached hydrogens (tertiary/aromatic N) is 4. The molecule has 29 heavy (non-hydrogen) atoms. The maximum absolute atomic E-state index is 12.6. The molecule has 4 rings (SSSR count). The van der Waals surface area contributed by atoms with Gasteiger partial charge in [0.25, 0.3) is 0 Å². The number of rotatable bonds is 8. The van der Waals surface area contributed by atoms with E-state index in [2.05, 4.69) is 20.8 Å². The Balaban J connectivity index is 1.40. The summed E-state index contributed by atoms with van der Waals surface area (Å²) >= 11 is 1.33. The van der Waals surface area contributed by atoms with E-state index in [4.69, 9.17) is 4.74 Å². The Labute approximate surface area is 173 Å². The first kappa shape index (κ1) is 19.4. The Bertz CT molecular complexity index is 985. The maximum atomic E-state index is 12.6. The van der Waals surface area contributed by atoms with Crippen LogP contribution in [0.4, 0.5) is 0 Å². The topological polar surface area (TPSA) is 81.9 Å². The maximum Gasteiger partial charge on any atom is 0.230 e. The molecule has 0 spiro atoms. The van der Waals surface area contributed by atoms with Crippen LogP contribution in [0.1, 0.15) is 30.0 Å². The molecular weight excluding hydrogens is 386 g/mol. The van der Waals surface area contributed by atoms with E-state index in [-0.39, 0.29) is 17.7 Å². The second-order valence-corrected chi connectivity index (χ2v) is 8.10. The molecule has 150 valence electrons. The van der Waals surface area contributed by atoms with Gasteiger partial charge in [0.15, 0.2) is 0 Å². The van der Waals surface area contributed by atoms with Crippen molar-refractivity contribution in [1.82, 2.24) is 25.5 Å². The first-order valence-electron chi connectivity index (χ1n) is 9.55. The minimum absolute atomic E-state index is 0.0264. The zero-order chi connectivity index (χ0) is 20.2. The van der Waals surface area contributed by atoms with Crippen LogP contribution >= 0.6 is 11.8 Å². The molecule has 2 aromatic carbocycles. The molecule has 0 radical (unpaired) electrons. The van der Waals surface area contributed by atoms with E-state index >= 15 is 0 Å². The summed E-state index contributed by atoms with van der Waals surface area (Å²) < 4.78 is 6.89. The van der Waals surface area contributed by atoms with Gasteiger partial charge in [-0.1, -0.05) is 36.0 Å². The van der Waals surface area contributed by atoms with Crippen molar-refractivity contribution in [2.45, 2.75) is 31.0 Å². The number of aryl methyl sites for hydroxylation is 1. The van der Waals surface area contributed by atoms with E-state index in [1.165, 1.54) is 11.8 Å². The van der Waals surface area contributed by atoms with E-state index in [1.807, 2.05) is 55.5 Å². The number of aromatic nitrogens is 4. The minimum Gasteiger partial charge on any atom is -0.497 e. The summed E-state index contributed by atoms with van der Waals surface area (Å²) in [6.07, 6.45) is 2.27. The first-order chi connectivity index (χ1) is 14.1. The zero-order valence-corrected chi connectivity index (χ0v) is 17.2. The third-order valence-corrected chi connectivity index (χ3v) is 5.82. The van der Waals surface area contributed by atoms with Crippen molar-refractivity contribution in [3.8, 4) is 11.4 Å². The fourth-order valence-electron chi connectivity index (χ4n) is 3.25. The van der Waals surface area contributed by atoms with Crippen molar-refractivity contribution in [2.24, 2.45) is 5.92 Å². The largest absolute Gasteiger partial charge is 0.497 e. The molecule has 1 fully saturated rings. The lowest BCUT2D eigenvalue weighted by Gasteiger charge is -2.19. The van der Waals surface area contributed by atoms with Gasteiger partial charge in [-0.15, -0.1) is 5.10 Å². The summed E-state index contributed by atoms with van der Waals surface area (Å²) in [7, 11) is 1.65. The van der Waals surface area contributed by atoms with Crippen molar-refractivity contribution < 1.29 is 9.53 Å². The van der Waals surface area contributed by atoms with Crippen molar-refractivity contribution >= 4 is 17.7 Å². The molecule has 0 saturated heterocycles. The zero-order valence-electron chi connectivity index (χ0n) is 16.4. The molecule has 1 amide bonds. The summed E-state index contributed by atoms with van der Waals surface area (Å²) in [5.74, 6) is 1.54. The van der Waals surface area contributed by atoms with E-state index in [9.17, 15) is 4.79 Å². The molecule has 1 N–H and O–H groups in total. The highest BCUT2D eigenvalue weighted by Gasteiger charge is 2.33. The molecular formula is C21H23N5O2S. The first-order valence-corrected chi connectivity index (χ1v) is 10.5. The van der Waals surface area contributed by atoms with Gasteiger partial charge < -0.3 is 10.1 Å². The third-order valence-electron chi connectivity index (χ3n) is 4.90. The fourth-order valence-corrected chi connectivity index (χ4v) is 3.95. The summed E-state index contributed by atoms with van der Waals surface area (Å²) in [5, 5.41) is 15.7. The van der Waals surface area contributed by atoms with E-state index in [0.29, 0.717) is 11.1 Å². The lowest BCUT2D eigenvalue weighted by molar-refractivity contribution is -0.119. The van der Waals surface area contributed by atoms with Gasteiger partial charge in [-0.3, -0.25) is 4.79 Å². The highest BCUT2D eigenvalue weighted by Crippen LogP contribution is 2.41. The standard InChI is InChI=1S/C21H23N5O2S/c1-14-4-3-5-17(12-14)26-21(23-24-25-26)29-13-19(27)22-20(15-6-7-15)16-8-10-18(28-2)11-9-16/h3-5,8-12,15,20H,6-7,13H2,1-2H3,(H,22,27). The van der Waals surface area contributed by atoms with Gasteiger partial charge in [0.1, 0.15) is 5.75 Å². The molecule has 1 saturated carbocycles. The molecule has 0 aliphatic heterocycles. The Hall–Kier alpha value is -2.87. The Morgan fingerprint density at radius 3 is 2.76 bits per heavy atom. The van der Waals surface area contributed by atoms with Crippen molar-refractivity contribution in [2.75, 3.05) is 12.9 Å². The number of benzene rings is 2. The van der Waals surface area contributed by atoms with E-state index in [0.717, 1.165) is 35.4 Å². The van der Waals surface area contributed by atoms with Gasteiger partial charge in [0.2, 0.25) is 11.1 Å². The number of tetrazole rings is 1. The van der Waals surface area contributed by atoms with Crippen molar-refractivity contribution in [3.05, 3.63) is 59.7 Å². The Morgan fingerprint density at radius 1 is 1.28 bits per heavy atom. The molecule has 1 aliphatic rings. The molecule has 1 aromatic heterocycles. The monoisotopic (exact) mass is 409 g/mol. The van der Waals surface area contributed by atoms with Gasteiger partial charge in [0.05, 0.1) is 24.6 Å². The predicted octanol–water partition coefficient (Wildman–Crippen LogP) is 3.34. The Morgan fingerprint density at radius 2 is 2.07 bits per heavy atom. The summed E-state index contributed by atoms with van der Waals surface area (Å²) in [4.78, 5) is 12.6. The molecule has 1 aliphatic carbocycles. The number of nitrogens with one attached hydrogen (secondary N) is 1. The van der Waals surface area contributed by atoms with Crippen LogP contribution in [-0.4, -0.2) is 39.0 Å². The van der Waals surface area contributed by atoms with Crippen LogP contribution in [0.3, 0.4) is 0 Å². The van der Waals surface area contributed by atoms with Crippen LogP contribution in [0.2, 0.25) is 0 Å². The van der Waals surface area contributed by atoms with Crippen LogP contribution in [0.5, 0.6) is 5.75 Å². The minimum atomic E-state index is -0.0264. The van der Waals surface area contributed by atoms with E-state index < -0.39 is 0 Å². The highest BCUT2D eigenvalue weighted by molar-refractivity contribution is 7.99. The quantitative estimate of drug-likeness (QED) is 0.575. The molecule has 0 bridgehead atoms. The van der Waals surface area contributed by atoms with Crippen LogP contribution in [0, 0.1) is 12.8 Å². The Kier molecular flexibility index (Phi) is 5.80. The normalized spacial score (nSPS) is 14.4.